The van der Waals surface area contributed by atoms with Crippen molar-refractivity contribution in [2.24, 2.45) is 5.14 Å². The van der Waals surface area contributed by atoms with Crippen LogP contribution in [0.4, 0.5) is 0 Å². The van der Waals surface area contributed by atoms with Crippen LogP contribution >= 0.6 is 0 Å². The summed E-state index contributed by atoms with van der Waals surface area (Å²) in [5.41, 5.74) is 0. The van der Waals surface area contributed by atoms with Gasteiger partial charge in [0, 0.05) is 13.7 Å². The van der Waals surface area contributed by atoms with Crippen molar-refractivity contribution in [3.8, 4) is 0 Å². The topological polar surface area (TPSA) is 69.4 Å². The van der Waals surface area contributed by atoms with E-state index in [1.54, 1.807) is 6.08 Å². The number of rotatable bonds is 7. The van der Waals surface area contributed by atoms with E-state index in [1.807, 2.05) is 0 Å². The molecule has 0 aromatic rings. The zero-order valence-corrected chi connectivity index (χ0v) is 8.72. The van der Waals surface area contributed by atoms with Crippen LogP contribution in [0.2, 0.25) is 0 Å². The summed E-state index contributed by atoms with van der Waals surface area (Å²) in [5.74, 6) is 0. The summed E-state index contributed by atoms with van der Waals surface area (Å²) in [6, 6.07) is 0. The molecule has 0 aromatic heterocycles. The van der Waals surface area contributed by atoms with E-state index in [1.165, 1.54) is 7.11 Å². The van der Waals surface area contributed by atoms with Crippen LogP contribution in [-0.4, -0.2) is 27.4 Å². The van der Waals surface area contributed by atoms with Crippen LogP contribution in [0.15, 0.2) is 12.7 Å². The lowest BCUT2D eigenvalue weighted by molar-refractivity contribution is 0.192. The Hall–Kier alpha value is -0.390. The second-order valence-electron chi connectivity index (χ2n) is 2.86. The molecule has 1 atom stereocenters. The fourth-order valence-corrected chi connectivity index (χ4v) is 1.92. The first-order valence-electron chi connectivity index (χ1n) is 4.13. The Kier molecular flexibility index (Phi) is 5.94. The number of primary sulfonamides is 1. The van der Waals surface area contributed by atoms with E-state index in [4.69, 9.17) is 9.88 Å². The minimum atomic E-state index is -3.44. The van der Waals surface area contributed by atoms with Crippen molar-refractivity contribution in [3.63, 3.8) is 0 Å². The molecule has 2 N–H and O–H groups in total. The van der Waals surface area contributed by atoms with E-state index in [9.17, 15) is 8.42 Å². The Bertz CT molecular complexity index is 236. The van der Waals surface area contributed by atoms with Gasteiger partial charge < -0.3 is 4.74 Å². The van der Waals surface area contributed by atoms with Crippen LogP contribution in [0.3, 0.4) is 0 Å². The lowest BCUT2D eigenvalue weighted by Gasteiger charge is -2.12. The van der Waals surface area contributed by atoms with Gasteiger partial charge in [0.25, 0.3) is 0 Å². The molecule has 0 spiro atoms. The molecule has 4 nitrogen and oxygen atoms in total. The number of methoxy groups -OCH3 is 1. The van der Waals surface area contributed by atoms with Gasteiger partial charge in [-0.05, 0) is 19.3 Å². The maximum absolute atomic E-state index is 11.0. The Morgan fingerprint density at radius 3 is 2.54 bits per heavy atom. The first kappa shape index (κ1) is 12.6. The molecule has 0 heterocycles. The van der Waals surface area contributed by atoms with E-state index in [0.717, 1.165) is 0 Å². The average molecular weight is 207 g/mol. The highest BCUT2D eigenvalue weighted by Crippen LogP contribution is 2.10. The zero-order chi connectivity index (χ0) is 10.3. The lowest BCUT2D eigenvalue weighted by Crippen LogP contribution is -2.29. The summed E-state index contributed by atoms with van der Waals surface area (Å²) in [5, 5.41) is 4.53. The molecule has 0 rings (SSSR count). The molecule has 0 aliphatic carbocycles. The van der Waals surface area contributed by atoms with Crippen molar-refractivity contribution in [3.05, 3.63) is 12.7 Å². The fraction of sp³-hybridized carbons (Fsp3) is 0.750. The molecule has 0 radical (unpaired) electrons. The normalized spacial score (nSPS) is 14.0. The van der Waals surface area contributed by atoms with Gasteiger partial charge in [-0.1, -0.05) is 6.08 Å². The SMILES string of the molecule is C=CCC[C@H](CCOC)S(N)(=O)=O. The molecule has 0 aromatic carbocycles. The molecule has 5 heteroatoms. The predicted molar refractivity (Wildman–Crippen MR) is 52.8 cm³/mol. The third kappa shape index (κ3) is 5.79. The number of nitrogens with two attached hydrogens (primary N) is 1. The van der Waals surface area contributed by atoms with Gasteiger partial charge in [-0.25, -0.2) is 13.6 Å². The smallest absolute Gasteiger partial charge is 0.212 e. The second kappa shape index (κ2) is 6.12. The number of hydrogen-bond donors (Lipinski definition) is 1. The van der Waals surface area contributed by atoms with E-state index >= 15 is 0 Å². The number of ether oxygens (including phenoxy) is 1. The van der Waals surface area contributed by atoms with E-state index in [0.29, 0.717) is 25.9 Å². The summed E-state index contributed by atoms with van der Waals surface area (Å²) in [6.45, 7) is 3.94. The Balaban J connectivity index is 4.11. The Morgan fingerprint density at radius 2 is 2.15 bits per heavy atom. The Labute approximate surface area is 79.8 Å². The van der Waals surface area contributed by atoms with Gasteiger partial charge in [0.2, 0.25) is 10.0 Å². The molecule has 0 saturated carbocycles. The first-order chi connectivity index (χ1) is 6.02. The highest BCUT2D eigenvalue weighted by Gasteiger charge is 2.19. The van der Waals surface area contributed by atoms with Gasteiger partial charge in [-0.3, -0.25) is 0 Å². The van der Waals surface area contributed by atoms with Crippen LogP contribution < -0.4 is 5.14 Å². The summed E-state index contributed by atoms with van der Waals surface area (Å²) in [6.07, 6.45) is 3.31. The minimum absolute atomic E-state index is 0.415. The van der Waals surface area contributed by atoms with Crippen LogP contribution in [0.5, 0.6) is 0 Å². The molecule has 13 heavy (non-hydrogen) atoms. The molecule has 0 aliphatic rings. The van der Waals surface area contributed by atoms with Crippen molar-refractivity contribution in [2.75, 3.05) is 13.7 Å². The van der Waals surface area contributed by atoms with Gasteiger partial charge in [0.1, 0.15) is 0 Å². The molecule has 0 fully saturated rings. The predicted octanol–water partition coefficient (Wildman–Crippen LogP) is 0.646. The molecule has 0 amide bonds. The minimum Gasteiger partial charge on any atom is -0.385 e. The number of allylic oxidation sites excluding steroid dienone is 1. The molecular weight excluding hydrogens is 190 g/mol. The van der Waals surface area contributed by atoms with Gasteiger partial charge >= 0.3 is 0 Å². The summed E-state index contributed by atoms with van der Waals surface area (Å²) < 4.78 is 26.9. The van der Waals surface area contributed by atoms with Crippen molar-refractivity contribution >= 4 is 10.0 Å². The molecule has 0 unspecified atom stereocenters. The van der Waals surface area contributed by atoms with Gasteiger partial charge in [0.15, 0.2) is 0 Å². The third-order valence-electron chi connectivity index (χ3n) is 1.80. The Morgan fingerprint density at radius 1 is 1.54 bits per heavy atom. The monoisotopic (exact) mass is 207 g/mol. The largest absolute Gasteiger partial charge is 0.385 e. The molecular formula is C8H17NO3S. The number of sulfonamides is 1. The van der Waals surface area contributed by atoms with Gasteiger partial charge in [0.05, 0.1) is 5.25 Å². The lowest BCUT2D eigenvalue weighted by atomic mass is 10.2. The average Bonchev–Trinajstić information content (AvgIpc) is 2.02. The summed E-state index contributed by atoms with van der Waals surface area (Å²) >= 11 is 0. The van der Waals surface area contributed by atoms with Crippen LogP contribution in [-0.2, 0) is 14.8 Å². The highest BCUT2D eigenvalue weighted by atomic mass is 32.2. The fourth-order valence-electron chi connectivity index (χ4n) is 1.03. The van der Waals surface area contributed by atoms with Crippen molar-refractivity contribution < 1.29 is 13.2 Å². The van der Waals surface area contributed by atoms with E-state index in [2.05, 4.69) is 6.58 Å². The van der Waals surface area contributed by atoms with Crippen LogP contribution in [0.1, 0.15) is 19.3 Å². The van der Waals surface area contributed by atoms with Crippen molar-refractivity contribution in [1.29, 1.82) is 0 Å². The maximum atomic E-state index is 11.0. The number of hydrogen-bond acceptors (Lipinski definition) is 3. The second-order valence-corrected chi connectivity index (χ2v) is 4.70. The first-order valence-corrected chi connectivity index (χ1v) is 5.74. The summed E-state index contributed by atoms with van der Waals surface area (Å²) in [4.78, 5) is 0. The van der Waals surface area contributed by atoms with Crippen LogP contribution in [0, 0.1) is 0 Å². The maximum Gasteiger partial charge on any atom is 0.212 e. The zero-order valence-electron chi connectivity index (χ0n) is 7.90. The van der Waals surface area contributed by atoms with Gasteiger partial charge in [-0.15, -0.1) is 6.58 Å². The molecule has 0 aliphatic heterocycles. The third-order valence-corrected chi connectivity index (χ3v) is 3.20. The van der Waals surface area contributed by atoms with E-state index < -0.39 is 15.3 Å². The highest BCUT2D eigenvalue weighted by molar-refractivity contribution is 7.89. The molecule has 0 saturated heterocycles. The van der Waals surface area contributed by atoms with Crippen molar-refractivity contribution in [1.82, 2.24) is 0 Å². The van der Waals surface area contributed by atoms with E-state index in [-0.39, 0.29) is 0 Å². The van der Waals surface area contributed by atoms with Crippen LogP contribution in [0.25, 0.3) is 0 Å². The summed E-state index contributed by atoms with van der Waals surface area (Å²) in [7, 11) is -1.90. The quantitative estimate of drug-likeness (QED) is 0.623. The van der Waals surface area contributed by atoms with Gasteiger partial charge in [-0.2, -0.15) is 0 Å². The standard InChI is InChI=1S/C8H17NO3S/c1-3-4-5-8(6-7-12-2)13(9,10)11/h3,8H,1,4-7H2,2H3,(H2,9,10,11)/t8-/m1/s1. The molecule has 78 valence electrons. The molecule has 0 bridgehead atoms. The van der Waals surface area contributed by atoms with Crippen molar-refractivity contribution in [2.45, 2.75) is 24.5 Å².